The first-order valence-corrected chi connectivity index (χ1v) is 15.1. The molecule has 0 fully saturated rings. The van der Waals surface area contributed by atoms with Gasteiger partial charge in [0.1, 0.15) is 16.2 Å². The van der Waals surface area contributed by atoms with Gasteiger partial charge in [0, 0.05) is 18.2 Å². The number of para-hydroxylation sites is 2. The van der Waals surface area contributed by atoms with Crippen LogP contribution in [0.1, 0.15) is 24.1 Å². The molecule has 1 N–H and O–H groups in total. The normalized spacial score (nSPS) is 12.5. The minimum absolute atomic E-state index is 0.00389. The van der Waals surface area contributed by atoms with Crippen molar-refractivity contribution < 1.29 is 18.1 Å². The Morgan fingerprint density at radius 3 is 2.20 bits per heavy atom. The molecule has 0 spiro atoms. The number of hydrogen-bond acceptors (Lipinski definition) is 7. The van der Waals surface area contributed by atoms with E-state index >= 15 is 0 Å². The lowest BCUT2D eigenvalue weighted by atomic mass is 10.1. The first-order valence-electron chi connectivity index (χ1n) is 13.6. The molecular formula is C33H25N5O5S. The van der Waals surface area contributed by atoms with E-state index < -0.39 is 26.7 Å². The number of nitrogens with one attached hydrogen (secondary N) is 1. The number of anilines is 1. The summed E-state index contributed by atoms with van der Waals surface area (Å²) in [6.45, 7) is 1.89. The molecule has 0 saturated heterocycles. The van der Waals surface area contributed by atoms with Crippen LogP contribution in [0.2, 0.25) is 0 Å². The van der Waals surface area contributed by atoms with E-state index in [0.717, 1.165) is 5.56 Å². The largest absolute Gasteiger partial charge is 0.307 e. The van der Waals surface area contributed by atoms with E-state index in [1.165, 1.54) is 42.5 Å². The number of rotatable bonds is 8. The van der Waals surface area contributed by atoms with Gasteiger partial charge in [-0.1, -0.05) is 72.8 Å². The number of nitrogens with zero attached hydrogens (tertiary/aromatic N) is 4. The van der Waals surface area contributed by atoms with Gasteiger partial charge >= 0.3 is 0 Å². The Labute approximate surface area is 252 Å². The number of non-ortho nitro benzene ring substituents is 1. The molecule has 44 heavy (non-hydrogen) atoms. The van der Waals surface area contributed by atoms with Gasteiger partial charge in [-0.3, -0.25) is 14.9 Å². The highest BCUT2D eigenvalue weighted by Gasteiger charge is 2.33. The van der Waals surface area contributed by atoms with Gasteiger partial charge in [0.2, 0.25) is 15.7 Å². The van der Waals surface area contributed by atoms with Gasteiger partial charge in [-0.15, -0.1) is 0 Å². The third-order valence-electron chi connectivity index (χ3n) is 7.19. The van der Waals surface area contributed by atoms with Crippen LogP contribution in [0, 0.1) is 10.1 Å². The Morgan fingerprint density at radius 2 is 1.52 bits per heavy atom. The number of carbonyl (C=O) groups excluding carboxylic acids is 1. The number of benzene rings is 4. The molecular weight excluding hydrogens is 578 g/mol. The first kappa shape index (κ1) is 28.4. The summed E-state index contributed by atoms with van der Waals surface area (Å²) < 4.78 is 30.3. The second-order valence-electron chi connectivity index (χ2n) is 10.0. The molecule has 1 atom stereocenters. The maximum atomic E-state index is 14.3. The molecule has 6 rings (SSSR count). The molecule has 0 radical (unpaired) electrons. The fourth-order valence-electron chi connectivity index (χ4n) is 5.06. The van der Waals surface area contributed by atoms with Crippen molar-refractivity contribution in [3.05, 3.63) is 137 Å². The van der Waals surface area contributed by atoms with Crippen LogP contribution in [0.15, 0.2) is 125 Å². The Kier molecular flexibility index (Phi) is 7.46. The number of sulfone groups is 1. The van der Waals surface area contributed by atoms with Gasteiger partial charge < -0.3 is 9.88 Å². The number of amides is 1. The Morgan fingerprint density at radius 1 is 0.886 bits per heavy atom. The minimum Gasteiger partial charge on any atom is -0.307 e. The SMILES string of the molecule is CC(c1ccccc1)n1c(NC(=O)/C=C\c2cccc([N+](=O)[O-])c2)c(S(=O)(=O)c2ccccc2)c2nc3ccccc3nc21. The van der Waals surface area contributed by atoms with E-state index in [4.69, 9.17) is 9.97 Å². The summed E-state index contributed by atoms with van der Waals surface area (Å²) in [6.07, 6.45) is 2.62. The van der Waals surface area contributed by atoms with Gasteiger partial charge in [0.25, 0.3) is 5.69 Å². The highest BCUT2D eigenvalue weighted by molar-refractivity contribution is 7.92. The molecule has 0 saturated carbocycles. The van der Waals surface area contributed by atoms with Crippen LogP contribution in [0.5, 0.6) is 0 Å². The van der Waals surface area contributed by atoms with Crippen molar-refractivity contribution >= 4 is 55.5 Å². The van der Waals surface area contributed by atoms with E-state index in [0.29, 0.717) is 16.6 Å². The van der Waals surface area contributed by atoms with Crippen LogP contribution in [-0.2, 0) is 14.6 Å². The molecule has 2 aromatic heterocycles. The molecule has 0 aliphatic carbocycles. The molecule has 2 heterocycles. The van der Waals surface area contributed by atoms with Gasteiger partial charge in [0.15, 0.2) is 5.65 Å². The van der Waals surface area contributed by atoms with E-state index in [1.54, 1.807) is 47.0 Å². The third kappa shape index (κ3) is 5.32. The number of nitro benzene ring substituents is 1. The zero-order valence-electron chi connectivity index (χ0n) is 23.4. The summed E-state index contributed by atoms with van der Waals surface area (Å²) in [7, 11) is -4.22. The summed E-state index contributed by atoms with van der Waals surface area (Å²) >= 11 is 0. The second-order valence-corrected chi connectivity index (χ2v) is 11.9. The van der Waals surface area contributed by atoms with E-state index in [9.17, 15) is 23.3 Å². The minimum atomic E-state index is -4.22. The van der Waals surface area contributed by atoms with Crippen LogP contribution in [0.3, 0.4) is 0 Å². The topological polar surface area (TPSA) is 137 Å². The van der Waals surface area contributed by atoms with Crippen molar-refractivity contribution in [3.8, 4) is 0 Å². The number of nitro groups is 1. The molecule has 0 aliphatic heterocycles. The number of carbonyl (C=O) groups is 1. The summed E-state index contributed by atoms with van der Waals surface area (Å²) in [4.78, 5) is 33.6. The maximum absolute atomic E-state index is 14.3. The zero-order chi connectivity index (χ0) is 30.8. The van der Waals surface area contributed by atoms with Crippen molar-refractivity contribution in [1.82, 2.24) is 14.5 Å². The van der Waals surface area contributed by atoms with Gasteiger partial charge in [-0.2, -0.15) is 0 Å². The van der Waals surface area contributed by atoms with Crippen molar-refractivity contribution in [1.29, 1.82) is 0 Å². The van der Waals surface area contributed by atoms with Crippen molar-refractivity contribution in [3.63, 3.8) is 0 Å². The van der Waals surface area contributed by atoms with Gasteiger partial charge in [-0.05, 0) is 48.4 Å². The lowest BCUT2D eigenvalue weighted by molar-refractivity contribution is -0.384. The lowest BCUT2D eigenvalue weighted by Gasteiger charge is -2.19. The maximum Gasteiger partial charge on any atom is 0.270 e. The van der Waals surface area contributed by atoms with E-state index in [2.05, 4.69) is 5.32 Å². The molecule has 0 bridgehead atoms. The molecule has 1 amide bonds. The average Bonchev–Trinajstić information content (AvgIpc) is 3.36. The lowest BCUT2D eigenvalue weighted by Crippen LogP contribution is -2.18. The molecule has 11 heteroatoms. The van der Waals surface area contributed by atoms with Gasteiger partial charge in [0.05, 0.1) is 26.9 Å². The van der Waals surface area contributed by atoms with Crippen molar-refractivity contribution in [2.45, 2.75) is 22.8 Å². The molecule has 218 valence electrons. The fraction of sp³-hybridized carbons (Fsp3) is 0.0606. The third-order valence-corrected chi connectivity index (χ3v) is 9.01. The quantitative estimate of drug-likeness (QED) is 0.118. The molecule has 10 nitrogen and oxygen atoms in total. The summed E-state index contributed by atoms with van der Waals surface area (Å²) in [5.41, 5.74) is 2.62. The molecule has 4 aromatic carbocycles. The number of fused-ring (bicyclic) bond motifs is 2. The van der Waals surface area contributed by atoms with Crippen LogP contribution < -0.4 is 5.32 Å². The predicted molar refractivity (Wildman–Crippen MR) is 168 cm³/mol. The average molecular weight is 604 g/mol. The second kappa shape index (κ2) is 11.5. The van der Waals surface area contributed by atoms with E-state index in [-0.39, 0.29) is 32.5 Å². The zero-order valence-corrected chi connectivity index (χ0v) is 24.2. The van der Waals surface area contributed by atoms with Crippen LogP contribution in [0.4, 0.5) is 11.5 Å². The van der Waals surface area contributed by atoms with E-state index in [1.807, 2.05) is 43.3 Å². The van der Waals surface area contributed by atoms with Crippen LogP contribution >= 0.6 is 0 Å². The first-order chi connectivity index (χ1) is 21.2. The molecule has 6 aromatic rings. The molecule has 1 unspecified atom stereocenters. The van der Waals surface area contributed by atoms with Crippen LogP contribution in [-0.4, -0.2) is 33.8 Å². The monoisotopic (exact) mass is 603 g/mol. The molecule has 0 aliphatic rings. The highest BCUT2D eigenvalue weighted by atomic mass is 32.2. The fourth-order valence-corrected chi connectivity index (χ4v) is 6.60. The standard InChI is InChI=1S/C33H25N5O5S/c1-22(24-12-4-2-5-13-24)37-32-30(34-27-17-8-9-18-28(27)35-32)31(44(42,43)26-15-6-3-7-16-26)33(37)36-29(39)20-19-23-11-10-14-25(21-23)38(40)41/h2-22H,1H3,(H,36,39)/b20-19-. The predicted octanol–water partition coefficient (Wildman–Crippen LogP) is 6.59. The summed E-state index contributed by atoms with van der Waals surface area (Å²) in [5, 5.41) is 14.0. The number of hydrogen-bond donors (Lipinski definition) is 1. The van der Waals surface area contributed by atoms with Gasteiger partial charge in [-0.25, -0.2) is 18.4 Å². The Bertz CT molecular complexity index is 2180. The summed E-state index contributed by atoms with van der Waals surface area (Å²) in [6, 6.07) is 29.9. The highest BCUT2D eigenvalue weighted by Crippen LogP contribution is 2.40. The Hall–Kier alpha value is -5.68. The Balaban J connectivity index is 1.59. The number of aromatic nitrogens is 3. The van der Waals surface area contributed by atoms with Crippen molar-refractivity contribution in [2.75, 3.05) is 5.32 Å². The smallest absolute Gasteiger partial charge is 0.270 e. The summed E-state index contributed by atoms with van der Waals surface area (Å²) in [5.74, 6) is -0.640. The van der Waals surface area contributed by atoms with Crippen molar-refractivity contribution in [2.24, 2.45) is 0 Å². The van der Waals surface area contributed by atoms with Crippen LogP contribution in [0.25, 0.3) is 28.3 Å².